The SMILES string of the molecule is C[N+]1(C)C/C(=C/C=C\c2ccccc2)C(=O)/C(=C/C=C/c2ccccc2)C1. The maximum Gasteiger partial charge on any atom is 0.196 e. The van der Waals surface area contributed by atoms with Crippen LogP contribution in [0.2, 0.25) is 0 Å². The summed E-state index contributed by atoms with van der Waals surface area (Å²) in [5.41, 5.74) is 3.98. The molecule has 1 heterocycles. The third kappa shape index (κ3) is 5.50. The lowest BCUT2D eigenvalue weighted by atomic mass is 9.95. The average molecular weight is 356 g/mol. The molecule has 0 bridgehead atoms. The molecule has 2 heteroatoms. The van der Waals surface area contributed by atoms with Gasteiger partial charge in [0.2, 0.25) is 0 Å². The number of nitrogens with zero attached hydrogens (tertiary/aromatic N) is 1. The number of carbonyl (C=O) groups is 1. The minimum atomic E-state index is 0.155. The van der Waals surface area contributed by atoms with Crippen molar-refractivity contribution in [2.75, 3.05) is 27.2 Å². The van der Waals surface area contributed by atoms with Gasteiger partial charge in [-0.15, -0.1) is 0 Å². The minimum absolute atomic E-state index is 0.155. The topological polar surface area (TPSA) is 17.1 Å². The summed E-state index contributed by atoms with van der Waals surface area (Å²) in [6, 6.07) is 20.3. The second-order valence-electron chi connectivity index (χ2n) is 7.50. The number of ketones is 1. The monoisotopic (exact) mass is 356 g/mol. The number of likely N-dealkylation sites (N-methyl/N-ethyl adjacent to an activating group) is 1. The van der Waals surface area contributed by atoms with Crippen LogP contribution in [0.15, 0.2) is 96.1 Å². The van der Waals surface area contributed by atoms with E-state index in [1.165, 1.54) is 0 Å². The fraction of sp³-hybridized carbons (Fsp3) is 0.160. The van der Waals surface area contributed by atoms with E-state index in [-0.39, 0.29) is 5.78 Å². The number of hydrogen-bond donors (Lipinski definition) is 0. The maximum atomic E-state index is 12.9. The number of Topliss-reactive ketones (excluding diaryl/α,β-unsaturated/α-hetero) is 1. The van der Waals surface area contributed by atoms with E-state index in [2.05, 4.69) is 38.4 Å². The molecule has 0 aliphatic carbocycles. The lowest BCUT2D eigenvalue weighted by molar-refractivity contribution is -0.881. The van der Waals surface area contributed by atoms with E-state index in [1.54, 1.807) is 0 Å². The highest BCUT2D eigenvalue weighted by atomic mass is 16.1. The molecule has 0 unspecified atom stereocenters. The molecule has 3 rings (SSSR count). The van der Waals surface area contributed by atoms with E-state index in [4.69, 9.17) is 0 Å². The summed E-state index contributed by atoms with van der Waals surface area (Å²) in [4.78, 5) is 12.9. The van der Waals surface area contributed by atoms with Gasteiger partial charge in [-0.1, -0.05) is 85.0 Å². The van der Waals surface area contributed by atoms with Crippen LogP contribution >= 0.6 is 0 Å². The molecule has 0 atom stereocenters. The second kappa shape index (κ2) is 8.61. The zero-order valence-corrected chi connectivity index (χ0v) is 16.0. The average Bonchev–Trinajstić information content (AvgIpc) is 2.66. The zero-order valence-electron chi connectivity index (χ0n) is 16.0. The van der Waals surface area contributed by atoms with E-state index in [0.29, 0.717) is 0 Å². The predicted molar refractivity (Wildman–Crippen MR) is 114 cm³/mol. The van der Waals surface area contributed by atoms with Gasteiger partial charge in [0, 0.05) is 0 Å². The van der Waals surface area contributed by atoms with Gasteiger partial charge in [0.15, 0.2) is 5.78 Å². The van der Waals surface area contributed by atoms with Crippen molar-refractivity contribution in [2.24, 2.45) is 0 Å². The molecule has 2 aromatic carbocycles. The normalized spacial score (nSPS) is 20.1. The van der Waals surface area contributed by atoms with E-state index >= 15 is 0 Å². The fourth-order valence-corrected chi connectivity index (χ4v) is 3.26. The Bertz CT molecular complexity index is 826. The summed E-state index contributed by atoms with van der Waals surface area (Å²) < 4.78 is 0.780. The van der Waals surface area contributed by atoms with Crippen molar-refractivity contribution in [3.05, 3.63) is 107 Å². The smallest absolute Gasteiger partial charge is 0.196 e. The summed E-state index contributed by atoms with van der Waals surface area (Å²) in [5, 5.41) is 0. The van der Waals surface area contributed by atoms with Gasteiger partial charge in [-0.2, -0.15) is 0 Å². The third-order valence-electron chi connectivity index (χ3n) is 4.55. The van der Waals surface area contributed by atoms with Crippen LogP contribution in [0.1, 0.15) is 11.1 Å². The number of piperidine rings is 1. The summed E-state index contributed by atoms with van der Waals surface area (Å²) in [7, 11) is 4.33. The van der Waals surface area contributed by atoms with Gasteiger partial charge >= 0.3 is 0 Å². The van der Waals surface area contributed by atoms with Crippen LogP contribution in [0.5, 0.6) is 0 Å². The molecule has 0 N–H and O–H groups in total. The van der Waals surface area contributed by atoms with Gasteiger partial charge < -0.3 is 4.48 Å². The Kier molecular flexibility index (Phi) is 6.00. The maximum absolute atomic E-state index is 12.9. The van der Waals surface area contributed by atoms with Crippen molar-refractivity contribution >= 4 is 17.9 Å². The Morgan fingerprint density at radius 2 is 1.11 bits per heavy atom. The van der Waals surface area contributed by atoms with Gasteiger partial charge in [0.05, 0.1) is 25.2 Å². The van der Waals surface area contributed by atoms with Crippen molar-refractivity contribution in [3.8, 4) is 0 Å². The Labute approximate surface area is 162 Å². The molecule has 27 heavy (non-hydrogen) atoms. The molecular formula is C25H26NO+. The molecule has 136 valence electrons. The van der Waals surface area contributed by atoms with E-state index in [0.717, 1.165) is 39.8 Å². The van der Waals surface area contributed by atoms with Crippen LogP contribution in [0.3, 0.4) is 0 Å². The van der Waals surface area contributed by atoms with Crippen LogP contribution < -0.4 is 0 Å². The Balaban J connectivity index is 1.78. The molecule has 1 saturated heterocycles. The fourth-order valence-electron chi connectivity index (χ4n) is 3.26. The number of carbonyl (C=O) groups excluding carboxylic acids is 1. The molecule has 1 fully saturated rings. The quantitative estimate of drug-likeness (QED) is 0.561. The third-order valence-corrected chi connectivity index (χ3v) is 4.55. The van der Waals surface area contributed by atoms with Gasteiger partial charge in [0.25, 0.3) is 0 Å². The first-order chi connectivity index (χ1) is 13.0. The molecule has 0 radical (unpaired) electrons. The van der Waals surface area contributed by atoms with Crippen molar-refractivity contribution in [2.45, 2.75) is 0 Å². The zero-order chi connectivity index (χ0) is 19.1. The Morgan fingerprint density at radius 3 is 1.52 bits per heavy atom. The largest absolute Gasteiger partial charge is 0.321 e. The molecule has 0 aromatic heterocycles. The number of hydrogen-bond acceptors (Lipinski definition) is 1. The lowest BCUT2D eigenvalue weighted by Gasteiger charge is -2.35. The highest BCUT2D eigenvalue weighted by Crippen LogP contribution is 2.21. The highest BCUT2D eigenvalue weighted by Gasteiger charge is 2.32. The van der Waals surface area contributed by atoms with Crippen LogP contribution in [0.25, 0.3) is 12.2 Å². The number of likely N-dealkylation sites (tertiary alicyclic amines) is 1. The van der Waals surface area contributed by atoms with Crippen molar-refractivity contribution in [1.82, 2.24) is 0 Å². The Hall–Kier alpha value is -2.97. The minimum Gasteiger partial charge on any atom is -0.321 e. The van der Waals surface area contributed by atoms with Crippen molar-refractivity contribution < 1.29 is 9.28 Å². The molecule has 2 nitrogen and oxygen atoms in total. The van der Waals surface area contributed by atoms with Crippen LogP contribution in [0.4, 0.5) is 0 Å². The summed E-state index contributed by atoms with van der Waals surface area (Å²) in [6.07, 6.45) is 11.9. The number of allylic oxidation sites excluding steroid dienone is 4. The molecule has 2 aromatic rings. The first-order valence-electron chi connectivity index (χ1n) is 9.25. The van der Waals surface area contributed by atoms with Gasteiger partial charge in [-0.3, -0.25) is 4.79 Å². The van der Waals surface area contributed by atoms with Crippen LogP contribution in [-0.2, 0) is 4.79 Å². The molecule has 1 aliphatic heterocycles. The molecular weight excluding hydrogens is 330 g/mol. The number of benzene rings is 2. The van der Waals surface area contributed by atoms with Gasteiger partial charge in [0.1, 0.15) is 13.1 Å². The first kappa shape index (κ1) is 18.8. The highest BCUT2D eigenvalue weighted by molar-refractivity contribution is 6.09. The van der Waals surface area contributed by atoms with Crippen LogP contribution in [0, 0.1) is 0 Å². The molecule has 1 aliphatic rings. The van der Waals surface area contributed by atoms with E-state index in [1.807, 2.05) is 72.9 Å². The lowest BCUT2D eigenvalue weighted by Crippen LogP contribution is -2.48. The second-order valence-corrected chi connectivity index (χ2v) is 7.50. The van der Waals surface area contributed by atoms with Crippen molar-refractivity contribution in [1.29, 1.82) is 0 Å². The molecule has 0 spiro atoms. The van der Waals surface area contributed by atoms with Gasteiger partial charge in [-0.05, 0) is 23.3 Å². The number of rotatable bonds is 4. The first-order valence-corrected chi connectivity index (χ1v) is 9.25. The number of quaternary nitrogens is 1. The molecule has 0 amide bonds. The molecule has 0 saturated carbocycles. The Morgan fingerprint density at radius 1 is 0.704 bits per heavy atom. The predicted octanol–water partition coefficient (Wildman–Crippen LogP) is 4.93. The van der Waals surface area contributed by atoms with Crippen molar-refractivity contribution in [3.63, 3.8) is 0 Å². The summed E-state index contributed by atoms with van der Waals surface area (Å²) in [6.45, 7) is 1.50. The van der Waals surface area contributed by atoms with E-state index < -0.39 is 0 Å². The van der Waals surface area contributed by atoms with Gasteiger partial charge in [-0.25, -0.2) is 0 Å². The summed E-state index contributed by atoms with van der Waals surface area (Å²) in [5.74, 6) is 0.155. The standard InChI is InChI=1S/C25H26NO/c1-26(2)19-23(17-9-15-21-11-5-3-6-12-21)25(27)24(20-26)18-10-16-22-13-7-4-8-14-22/h3-18H,19-20H2,1-2H3/q+1/b15-9-,16-10+,23-17-,24-18+. The van der Waals surface area contributed by atoms with Crippen LogP contribution in [-0.4, -0.2) is 37.5 Å². The summed E-state index contributed by atoms with van der Waals surface area (Å²) >= 11 is 0. The van der Waals surface area contributed by atoms with E-state index in [9.17, 15) is 4.79 Å².